The number of hydrogen-bond acceptors (Lipinski definition) is 4. The van der Waals surface area contributed by atoms with Crippen LogP contribution in [-0.2, 0) is 9.84 Å². The molecule has 1 heterocycles. The highest BCUT2D eigenvalue weighted by Crippen LogP contribution is 2.35. The van der Waals surface area contributed by atoms with Crippen molar-refractivity contribution in [1.29, 1.82) is 0 Å². The molecule has 1 atom stereocenters. The van der Waals surface area contributed by atoms with E-state index in [1.54, 1.807) is 25.1 Å². The molecule has 0 saturated heterocycles. The average molecular weight is 452 g/mol. The van der Waals surface area contributed by atoms with Crippen molar-refractivity contribution in [2.75, 3.05) is 6.26 Å². The molecular formula is C26H26FNO3S. The molecule has 0 fully saturated rings. The average Bonchev–Trinajstić information content (AvgIpc) is 3.21. The van der Waals surface area contributed by atoms with Crippen molar-refractivity contribution < 1.29 is 17.2 Å². The van der Waals surface area contributed by atoms with Crippen molar-refractivity contribution in [3.8, 4) is 22.7 Å². The second kappa shape index (κ2) is 10.4. The minimum atomic E-state index is -3.19. The summed E-state index contributed by atoms with van der Waals surface area (Å²) in [7, 11) is -3.19. The van der Waals surface area contributed by atoms with Crippen molar-refractivity contribution in [2.45, 2.75) is 26.2 Å². The van der Waals surface area contributed by atoms with Gasteiger partial charge in [-0.15, -0.1) is 0 Å². The summed E-state index contributed by atoms with van der Waals surface area (Å²) in [6.07, 6.45) is 11.1. The van der Waals surface area contributed by atoms with E-state index in [1.807, 2.05) is 61.6 Å². The van der Waals surface area contributed by atoms with Gasteiger partial charge in [-0.1, -0.05) is 48.6 Å². The third-order valence-electron chi connectivity index (χ3n) is 4.96. The predicted molar refractivity (Wildman–Crippen MR) is 127 cm³/mol. The van der Waals surface area contributed by atoms with E-state index >= 15 is 0 Å². The van der Waals surface area contributed by atoms with Gasteiger partial charge in [-0.05, 0) is 56.7 Å². The van der Waals surface area contributed by atoms with Gasteiger partial charge in [-0.25, -0.2) is 17.8 Å². The highest BCUT2D eigenvalue weighted by atomic mass is 32.2. The number of aromatic nitrogens is 1. The summed E-state index contributed by atoms with van der Waals surface area (Å²) in [5.74, 6) is 0.571. The Kier molecular flexibility index (Phi) is 7.59. The molecule has 1 aromatic heterocycles. The van der Waals surface area contributed by atoms with E-state index in [2.05, 4.69) is 0 Å². The van der Waals surface area contributed by atoms with Gasteiger partial charge in [0.15, 0.2) is 9.84 Å². The molecule has 0 saturated carbocycles. The third-order valence-corrected chi connectivity index (χ3v) is 6.30. The normalized spacial score (nSPS) is 13.8. The Hall–Kier alpha value is -3.25. The Morgan fingerprint density at radius 1 is 1.06 bits per heavy atom. The molecule has 0 aliphatic carbocycles. The van der Waals surface area contributed by atoms with Crippen LogP contribution in [0, 0.1) is 5.82 Å². The van der Waals surface area contributed by atoms with E-state index in [0.717, 1.165) is 11.1 Å². The van der Waals surface area contributed by atoms with Crippen LogP contribution in [0.4, 0.5) is 4.39 Å². The monoisotopic (exact) mass is 451 g/mol. The molecule has 32 heavy (non-hydrogen) atoms. The number of oxazole rings is 1. The summed E-state index contributed by atoms with van der Waals surface area (Å²) >= 11 is 0. The van der Waals surface area contributed by atoms with Gasteiger partial charge in [0.2, 0.25) is 5.89 Å². The van der Waals surface area contributed by atoms with Gasteiger partial charge < -0.3 is 4.42 Å². The first-order valence-electron chi connectivity index (χ1n) is 10.3. The minimum absolute atomic E-state index is 0.225. The summed E-state index contributed by atoms with van der Waals surface area (Å²) in [6.45, 7) is 3.50. The van der Waals surface area contributed by atoms with Crippen molar-refractivity contribution in [1.82, 2.24) is 4.98 Å². The molecular weight excluding hydrogens is 425 g/mol. The highest BCUT2D eigenvalue weighted by molar-refractivity contribution is 7.94. The van der Waals surface area contributed by atoms with E-state index in [9.17, 15) is 12.8 Å². The lowest BCUT2D eigenvalue weighted by Gasteiger charge is -2.07. The highest BCUT2D eigenvalue weighted by Gasteiger charge is 2.21. The fourth-order valence-electron chi connectivity index (χ4n) is 3.13. The molecule has 2 aromatic carbocycles. The fourth-order valence-corrected chi connectivity index (χ4v) is 3.53. The SMILES string of the molecule is C/C=C\C(C=CC/C=C(\C)S(C)(=O)=O)c1oc(-c2ccccc2)nc1-c1ccc(F)cc1. The molecule has 0 aliphatic heterocycles. The molecule has 3 aromatic rings. The van der Waals surface area contributed by atoms with Crippen LogP contribution >= 0.6 is 0 Å². The lowest BCUT2D eigenvalue weighted by molar-refractivity contribution is 0.519. The van der Waals surface area contributed by atoms with E-state index in [1.165, 1.54) is 18.4 Å². The summed E-state index contributed by atoms with van der Waals surface area (Å²) in [5, 5.41) is 0. The molecule has 0 spiro atoms. The predicted octanol–water partition coefficient (Wildman–Crippen LogP) is 6.70. The quantitative estimate of drug-likeness (QED) is 0.358. The van der Waals surface area contributed by atoms with E-state index in [4.69, 9.17) is 9.40 Å². The summed E-state index contributed by atoms with van der Waals surface area (Å²) < 4.78 is 42.9. The van der Waals surface area contributed by atoms with Crippen LogP contribution in [0.1, 0.15) is 31.9 Å². The smallest absolute Gasteiger partial charge is 0.226 e. The van der Waals surface area contributed by atoms with Crippen LogP contribution < -0.4 is 0 Å². The number of sulfone groups is 1. The number of rotatable bonds is 8. The fraction of sp³-hybridized carbons (Fsp3) is 0.192. The molecule has 166 valence electrons. The number of nitrogens with zero attached hydrogens (tertiary/aromatic N) is 1. The van der Waals surface area contributed by atoms with Gasteiger partial charge in [-0.2, -0.15) is 0 Å². The standard InChI is InChI=1S/C26H26FNO3S/c1-4-10-21(12-9-8-11-19(2)32(3,29)30)25-24(20-15-17-23(27)18-16-20)28-26(31-25)22-13-6-5-7-14-22/h4-7,9-18,21H,8H2,1-3H3/b10-4-,12-9?,19-11+. The van der Waals surface area contributed by atoms with Crippen molar-refractivity contribution in [3.63, 3.8) is 0 Å². The largest absolute Gasteiger partial charge is 0.440 e. The van der Waals surface area contributed by atoms with E-state index in [-0.39, 0.29) is 11.7 Å². The van der Waals surface area contributed by atoms with Gasteiger partial charge >= 0.3 is 0 Å². The molecule has 6 heteroatoms. The van der Waals surface area contributed by atoms with Crippen LogP contribution in [0.25, 0.3) is 22.7 Å². The third kappa shape index (κ3) is 5.92. The number of allylic oxidation sites excluding steroid dienone is 6. The maximum atomic E-state index is 13.5. The Bertz CT molecular complexity index is 1240. The topological polar surface area (TPSA) is 60.2 Å². The second-order valence-electron chi connectivity index (χ2n) is 7.41. The zero-order chi connectivity index (χ0) is 23.1. The lowest BCUT2D eigenvalue weighted by atomic mass is 9.99. The Balaban J connectivity index is 2.02. The number of halogens is 1. The first kappa shape index (κ1) is 23.4. The lowest BCUT2D eigenvalue weighted by Crippen LogP contribution is -1.96. The van der Waals surface area contributed by atoms with E-state index in [0.29, 0.717) is 28.7 Å². The van der Waals surface area contributed by atoms with Crippen LogP contribution in [-0.4, -0.2) is 19.7 Å². The maximum absolute atomic E-state index is 13.5. The molecule has 0 amide bonds. The first-order valence-corrected chi connectivity index (χ1v) is 12.2. The van der Waals surface area contributed by atoms with Gasteiger partial charge in [-0.3, -0.25) is 0 Å². The number of benzene rings is 2. The molecule has 1 unspecified atom stereocenters. The minimum Gasteiger partial charge on any atom is -0.440 e. The van der Waals surface area contributed by atoms with Crippen molar-refractivity contribution in [3.05, 3.63) is 101 Å². The van der Waals surface area contributed by atoms with Gasteiger partial charge in [0.05, 0.1) is 5.92 Å². The van der Waals surface area contributed by atoms with E-state index < -0.39 is 9.84 Å². The van der Waals surface area contributed by atoms with Gasteiger partial charge in [0.1, 0.15) is 17.3 Å². The molecule has 3 rings (SSSR count). The molecule has 0 bridgehead atoms. The van der Waals surface area contributed by atoms with Crippen LogP contribution in [0.5, 0.6) is 0 Å². The summed E-state index contributed by atoms with van der Waals surface area (Å²) in [5.41, 5.74) is 2.24. The molecule has 4 nitrogen and oxygen atoms in total. The van der Waals surface area contributed by atoms with Crippen LogP contribution in [0.2, 0.25) is 0 Å². The first-order chi connectivity index (χ1) is 15.3. The van der Waals surface area contributed by atoms with Crippen molar-refractivity contribution >= 4 is 9.84 Å². The second-order valence-corrected chi connectivity index (χ2v) is 9.60. The van der Waals surface area contributed by atoms with Crippen LogP contribution in [0.15, 0.2) is 94.3 Å². The number of hydrogen-bond donors (Lipinski definition) is 0. The van der Waals surface area contributed by atoms with Gasteiger partial charge in [0.25, 0.3) is 0 Å². The molecule has 0 aliphatic rings. The molecule has 0 radical (unpaired) electrons. The van der Waals surface area contributed by atoms with Crippen molar-refractivity contribution in [2.24, 2.45) is 0 Å². The summed E-state index contributed by atoms with van der Waals surface area (Å²) in [6, 6.07) is 15.7. The van der Waals surface area contributed by atoms with Gasteiger partial charge in [0, 0.05) is 22.3 Å². The Morgan fingerprint density at radius 2 is 1.75 bits per heavy atom. The summed E-state index contributed by atoms with van der Waals surface area (Å²) in [4.78, 5) is 5.06. The van der Waals surface area contributed by atoms with Crippen LogP contribution in [0.3, 0.4) is 0 Å². The Labute approximate surface area is 188 Å². The molecule has 0 N–H and O–H groups in total. The maximum Gasteiger partial charge on any atom is 0.226 e. The zero-order valence-electron chi connectivity index (χ0n) is 18.3. The zero-order valence-corrected chi connectivity index (χ0v) is 19.1. The Morgan fingerprint density at radius 3 is 2.38 bits per heavy atom.